The van der Waals surface area contributed by atoms with Crippen molar-refractivity contribution >= 4 is 11.6 Å². The first-order valence-corrected chi connectivity index (χ1v) is 10.9. The summed E-state index contributed by atoms with van der Waals surface area (Å²) in [6.07, 6.45) is 0.374. The van der Waals surface area contributed by atoms with Gasteiger partial charge in [0.25, 0.3) is 5.56 Å². The van der Waals surface area contributed by atoms with Gasteiger partial charge in [-0.15, -0.1) is 0 Å². The number of aromatic nitrogens is 2. The summed E-state index contributed by atoms with van der Waals surface area (Å²) < 4.78 is 11.9. The second kappa shape index (κ2) is 8.54. The minimum absolute atomic E-state index is 0.0613. The Kier molecular flexibility index (Phi) is 5.40. The van der Waals surface area contributed by atoms with Crippen LogP contribution in [-0.4, -0.2) is 38.1 Å². The topological polar surface area (TPSA) is 126 Å². The molecular formula is C24H22N4O6. The maximum atomic E-state index is 12.7. The summed E-state index contributed by atoms with van der Waals surface area (Å²) in [5.74, 6) is 0.433. The van der Waals surface area contributed by atoms with E-state index in [0.717, 1.165) is 15.7 Å². The zero-order valence-electron chi connectivity index (χ0n) is 18.4. The average molecular weight is 462 g/mol. The highest BCUT2D eigenvalue weighted by Crippen LogP contribution is 2.39. The van der Waals surface area contributed by atoms with E-state index < -0.39 is 23.2 Å². The van der Waals surface area contributed by atoms with Crippen LogP contribution in [0.5, 0.6) is 17.4 Å². The van der Waals surface area contributed by atoms with Gasteiger partial charge in [-0.2, -0.15) is 5.10 Å². The Bertz CT molecular complexity index is 1410. The third-order valence-electron chi connectivity index (χ3n) is 5.89. The second-order valence-electron chi connectivity index (χ2n) is 8.00. The van der Waals surface area contributed by atoms with Gasteiger partial charge in [0, 0.05) is 12.8 Å². The van der Waals surface area contributed by atoms with Gasteiger partial charge in [-0.05, 0) is 23.3 Å². The lowest BCUT2D eigenvalue weighted by atomic mass is 9.98. The molecule has 0 saturated carbocycles. The van der Waals surface area contributed by atoms with Crippen molar-refractivity contribution in [2.45, 2.75) is 32.4 Å². The molecule has 0 saturated heterocycles. The lowest BCUT2D eigenvalue weighted by Crippen LogP contribution is -2.34. The number of hydrazone groups is 1. The Morgan fingerprint density at radius 1 is 1.15 bits per heavy atom. The molecule has 1 aromatic heterocycles. The first kappa shape index (κ1) is 21.5. The van der Waals surface area contributed by atoms with Crippen molar-refractivity contribution in [2.75, 3.05) is 6.79 Å². The van der Waals surface area contributed by atoms with E-state index in [-0.39, 0.29) is 43.4 Å². The number of rotatable bonds is 5. The number of nitrogens with one attached hydrogen (secondary N) is 1. The third-order valence-corrected chi connectivity index (χ3v) is 5.89. The molecule has 2 aromatic carbocycles. The van der Waals surface area contributed by atoms with Crippen LogP contribution in [0.25, 0.3) is 0 Å². The molecule has 10 heteroatoms. The fourth-order valence-electron chi connectivity index (χ4n) is 4.17. The summed E-state index contributed by atoms with van der Waals surface area (Å²) in [4.78, 5) is 40.2. The molecule has 1 atom stereocenters. The Hall–Kier alpha value is -4.34. The van der Waals surface area contributed by atoms with E-state index in [2.05, 4.69) is 10.1 Å². The summed E-state index contributed by atoms with van der Waals surface area (Å²) >= 11 is 0. The normalized spacial score (nSPS) is 16.6. The van der Waals surface area contributed by atoms with Crippen LogP contribution in [0.2, 0.25) is 0 Å². The Morgan fingerprint density at radius 3 is 2.68 bits per heavy atom. The Balaban J connectivity index is 1.55. The van der Waals surface area contributed by atoms with Crippen LogP contribution in [0.3, 0.4) is 0 Å². The molecule has 174 valence electrons. The van der Waals surface area contributed by atoms with Gasteiger partial charge in [0.1, 0.15) is 5.56 Å². The van der Waals surface area contributed by atoms with Gasteiger partial charge < -0.3 is 14.6 Å². The minimum atomic E-state index is -0.763. The van der Waals surface area contributed by atoms with Crippen molar-refractivity contribution in [3.05, 3.63) is 86.1 Å². The van der Waals surface area contributed by atoms with Crippen LogP contribution in [0.1, 0.15) is 42.5 Å². The molecule has 0 fully saturated rings. The molecule has 10 nitrogen and oxygen atoms in total. The summed E-state index contributed by atoms with van der Waals surface area (Å²) in [5, 5.41) is 16.7. The van der Waals surface area contributed by atoms with Crippen LogP contribution in [-0.2, 0) is 11.3 Å². The van der Waals surface area contributed by atoms with Gasteiger partial charge in [0.15, 0.2) is 11.5 Å². The van der Waals surface area contributed by atoms with Crippen molar-refractivity contribution in [3.63, 3.8) is 0 Å². The molecule has 3 heterocycles. The largest absolute Gasteiger partial charge is 0.494 e. The van der Waals surface area contributed by atoms with E-state index in [1.165, 1.54) is 5.01 Å². The van der Waals surface area contributed by atoms with E-state index in [1.807, 2.05) is 24.3 Å². The molecule has 0 spiro atoms. The molecule has 0 radical (unpaired) electrons. The number of nitrogens with zero attached hydrogens (tertiary/aromatic N) is 3. The number of H-pyrrole nitrogens is 1. The van der Waals surface area contributed by atoms with Crippen molar-refractivity contribution in [3.8, 4) is 17.4 Å². The van der Waals surface area contributed by atoms with Gasteiger partial charge in [-0.3, -0.25) is 19.1 Å². The smallest absolute Gasteiger partial charge is 0.331 e. The highest BCUT2D eigenvalue weighted by atomic mass is 16.7. The van der Waals surface area contributed by atoms with Gasteiger partial charge >= 0.3 is 5.69 Å². The van der Waals surface area contributed by atoms with Crippen LogP contribution in [0.4, 0.5) is 0 Å². The number of hydrogen-bond acceptors (Lipinski definition) is 7. The molecule has 0 aliphatic carbocycles. The number of fused-ring (bicyclic) bond motifs is 1. The second-order valence-corrected chi connectivity index (χ2v) is 8.00. The van der Waals surface area contributed by atoms with E-state index in [1.54, 1.807) is 31.2 Å². The average Bonchev–Trinajstić information content (AvgIpc) is 3.48. The number of benzene rings is 2. The first-order chi connectivity index (χ1) is 16.5. The van der Waals surface area contributed by atoms with Gasteiger partial charge in [0.05, 0.1) is 18.3 Å². The lowest BCUT2D eigenvalue weighted by molar-refractivity contribution is -0.132. The minimum Gasteiger partial charge on any atom is -0.494 e. The molecule has 2 aliphatic heterocycles. The van der Waals surface area contributed by atoms with E-state index in [4.69, 9.17) is 9.47 Å². The monoisotopic (exact) mass is 462 g/mol. The van der Waals surface area contributed by atoms with Gasteiger partial charge in [-0.25, -0.2) is 9.80 Å². The molecule has 0 unspecified atom stereocenters. The predicted octanol–water partition coefficient (Wildman–Crippen LogP) is 2.11. The fraction of sp³-hybridized carbons (Fsp3) is 0.250. The molecule has 34 heavy (non-hydrogen) atoms. The zero-order chi connectivity index (χ0) is 23.8. The zero-order valence-corrected chi connectivity index (χ0v) is 18.4. The van der Waals surface area contributed by atoms with Crippen molar-refractivity contribution in [2.24, 2.45) is 5.10 Å². The number of carbonyl (C=O) groups excluding carboxylic acids is 1. The summed E-state index contributed by atoms with van der Waals surface area (Å²) in [7, 11) is 0. The van der Waals surface area contributed by atoms with Crippen LogP contribution in [0, 0.1) is 0 Å². The maximum absolute atomic E-state index is 12.7. The van der Waals surface area contributed by atoms with E-state index in [9.17, 15) is 19.5 Å². The fourth-order valence-corrected chi connectivity index (χ4v) is 4.17. The maximum Gasteiger partial charge on any atom is 0.331 e. The Morgan fingerprint density at radius 2 is 1.91 bits per heavy atom. The van der Waals surface area contributed by atoms with Gasteiger partial charge in [0.2, 0.25) is 18.6 Å². The van der Waals surface area contributed by atoms with Crippen LogP contribution in [0.15, 0.2) is 63.2 Å². The molecule has 5 rings (SSSR count). The molecule has 3 aromatic rings. The quantitative estimate of drug-likeness (QED) is 0.598. The lowest BCUT2D eigenvalue weighted by Gasteiger charge is -2.21. The molecule has 1 amide bonds. The third kappa shape index (κ3) is 3.72. The number of amides is 1. The molecular weight excluding hydrogens is 440 g/mol. The standard InChI is InChI=1S/C24H22N4O6/c1-2-20(29)28-17(15-8-9-18-19(10-15)34-13-33-18)11-16(26-28)21-22(30)25-24(32)27(23(21)31)12-14-6-4-3-5-7-14/h3-10,17,31H,2,11-13H2,1H3,(H,25,30,32)/t17-/m1/s1. The van der Waals surface area contributed by atoms with Crippen molar-refractivity contribution in [1.82, 2.24) is 14.6 Å². The molecule has 0 bridgehead atoms. The van der Waals surface area contributed by atoms with E-state index >= 15 is 0 Å². The van der Waals surface area contributed by atoms with E-state index in [0.29, 0.717) is 11.5 Å². The highest BCUT2D eigenvalue weighted by Gasteiger charge is 2.36. The van der Waals surface area contributed by atoms with Crippen molar-refractivity contribution in [1.29, 1.82) is 0 Å². The highest BCUT2D eigenvalue weighted by molar-refractivity contribution is 6.04. The number of hydrogen-bond donors (Lipinski definition) is 2. The number of carbonyl (C=O) groups is 1. The van der Waals surface area contributed by atoms with Gasteiger partial charge in [-0.1, -0.05) is 43.3 Å². The van der Waals surface area contributed by atoms with Crippen LogP contribution < -0.4 is 20.7 Å². The number of ether oxygens (including phenoxy) is 2. The molecule has 2 N–H and O–H groups in total. The summed E-state index contributed by atoms with van der Waals surface area (Å²) in [6, 6.07) is 13.9. The van der Waals surface area contributed by atoms with Crippen molar-refractivity contribution < 1.29 is 19.4 Å². The Labute approximate surface area is 193 Å². The first-order valence-electron chi connectivity index (χ1n) is 10.9. The molecule has 2 aliphatic rings. The number of aromatic hydroxyl groups is 1. The predicted molar refractivity (Wildman–Crippen MR) is 122 cm³/mol. The van der Waals surface area contributed by atoms with Crippen LogP contribution >= 0.6 is 0 Å². The summed E-state index contributed by atoms with van der Waals surface area (Å²) in [5.41, 5.74) is 0.103. The number of aromatic amines is 1. The SMILES string of the molecule is CCC(=O)N1N=C(c2c(O)n(Cc3ccccc3)c(=O)[nH]c2=O)C[C@@H]1c1ccc2c(c1)OCO2. The summed E-state index contributed by atoms with van der Waals surface area (Å²) in [6.45, 7) is 1.90.